The summed E-state index contributed by atoms with van der Waals surface area (Å²) >= 11 is 0. The van der Waals surface area contributed by atoms with E-state index in [2.05, 4.69) is 86.3 Å². The van der Waals surface area contributed by atoms with E-state index in [-0.39, 0.29) is 22.9 Å². The van der Waals surface area contributed by atoms with Gasteiger partial charge in [-0.05, 0) is 120 Å². The molecule has 0 aliphatic heterocycles. The highest BCUT2D eigenvalue weighted by Gasteiger charge is 2.30. The van der Waals surface area contributed by atoms with Crippen LogP contribution in [0.5, 0.6) is 0 Å². The molecule has 4 atom stereocenters. The second-order valence-electron chi connectivity index (χ2n) is 14.0. The van der Waals surface area contributed by atoms with Gasteiger partial charge in [0.2, 0.25) is 0 Å². The minimum atomic E-state index is -0.971. The molecule has 10 nitrogen and oxygen atoms in total. The van der Waals surface area contributed by atoms with Crippen molar-refractivity contribution in [1.82, 2.24) is 0 Å². The average molecular weight is 551 g/mol. The van der Waals surface area contributed by atoms with Crippen LogP contribution in [0.3, 0.4) is 0 Å². The van der Waals surface area contributed by atoms with Gasteiger partial charge in [0.05, 0.1) is 35.4 Å². The molecule has 10 heteroatoms. The van der Waals surface area contributed by atoms with E-state index < -0.39 is 22.2 Å². The smallest absolute Gasteiger partial charge is 0.164 e. The second kappa shape index (κ2) is 14.4. The number of azo groups is 3. The van der Waals surface area contributed by atoms with Crippen molar-refractivity contribution in [2.24, 2.45) is 42.5 Å². The maximum atomic E-state index is 9.65. The normalized spacial score (nSPS) is 17.9. The van der Waals surface area contributed by atoms with Crippen LogP contribution in [0.2, 0.25) is 0 Å². The molecule has 0 aliphatic rings. The molecule has 0 aromatic rings. The highest BCUT2D eigenvalue weighted by molar-refractivity contribution is 5.07. The van der Waals surface area contributed by atoms with Gasteiger partial charge in [-0.25, -0.2) is 0 Å². The molecule has 4 unspecified atom stereocenters. The molecule has 0 N–H and O–H groups in total. The maximum absolute atomic E-state index is 9.65. The van der Waals surface area contributed by atoms with Gasteiger partial charge in [0, 0.05) is 0 Å². The first kappa shape index (κ1) is 36.8. The molecule has 0 radical (unpaired) electrons. The highest BCUT2D eigenvalue weighted by Crippen LogP contribution is 2.32. The lowest BCUT2D eigenvalue weighted by Crippen LogP contribution is -2.27. The third-order valence-electron chi connectivity index (χ3n) is 6.61. The Kier molecular flexibility index (Phi) is 13.2. The Morgan fingerprint density at radius 3 is 1.02 bits per heavy atom. The average Bonchev–Trinajstić information content (AvgIpc) is 2.87. The quantitative estimate of drug-likeness (QED) is 0.175. The second-order valence-corrected chi connectivity index (χ2v) is 14.0. The number of rotatable bonds is 16. The fourth-order valence-corrected chi connectivity index (χ4v) is 4.09. The van der Waals surface area contributed by atoms with Gasteiger partial charge in [0.1, 0.15) is 0 Å². The van der Waals surface area contributed by atoms with E-state index >= 15 is 0 Å². The molecule has 220 valence electrons. The first-order valence-corrected chi connectivity index (χ1v) is 14.0. The van der Waals surface area contributed by atoms with Gasteiger partial charge in [-0.3, -0.25) is 0 Å². The van der Waals surface area contributed by atoms with Gasteiger partial charge >= 0.3 is 0 Å². The van der Waals surface area contributed by atoms with Crippen LogP contribution in [0, 0.1) is 57.2 Å². The van der Waals surface area contributed by atoms with E-state index in [9.17, 15) is 10.5 Å². The molecule has 0 fully saturated rings. The number of nitrogens with zero attached hydrogens (tertiary/aromatic N) is 10. The van der Waals surface area contributed by atoms with Crippen LogP contribution < -0.4 is 0 Å². The molecule has 0 amide bonds. The summed E-state index contributed by atoms with van der Waals surface area (Å²) in [6.07, 6.45) is 4.23. The zero-order valence-corrected chi connectivity index (χ0v) is 26.9. The Balaban J connectivity index is 5.10. The van der Waals surface area contributed by atoms with Crippen molar-refractivity contribution in [3.05, 3.63) is 0 Å². The SMILES string of the molecule is CC(CCC(C)(C#N)N=NC(C)(C)C#N)CC(C)(C)N=NC(C)(C)CC(C)CCC(C)(C#N)N=NC(C)(C)C#N. The molecule has 0 aromatic heterocycles. The van der Waals surface area contributed by atoms with Gasteiger partial charge in [0.25, 0.3) is 0 Å². The fraction of sp³-hybridized carbons (Fsp3) is 0.867. The Morgan fingerprint density at radius 1 is 0.475 bits per heavy atom. The lowest BCUT2D eigenvalue weighted by molar-refractivity contribution is 0.295. The summed E-state index contributed by atoms with van der Waals surface area (Å²) in [6.45, 7) is 22.7. The van der Waals surface area contributed by atoms with Crippen molar-refractivity contribution in [3.8, 4) is 24.3 Å². The van der Waals surface area contributed by atoms with Crippen LogP contribution in [0.15, 0.2) is 30.7 Å². The molecule has 0 aromatic carbocycles. The Hall–Kier alpha value is -3.24. The predicted octanol–water partition coefficient (Wildman–Crippen LogP) is 8.68. The molecule has 0 spiro atoms. The van der Waals surface area contributed by atoms with Crippen molar-refractivity contribution in [1.29, 1.82) is 21.0 Å². The minimum absolute atomic E-state index is 0.284. The molecule has 0 bridgehead atoms. The van der Waals surface area contributed by atoms with E-state index in [1.807, 2.05) is 0 Å². The molecular formula is C30H50N10. The van der Waals surface area contributed by atoms with Crippen LogP contribution in [0.4, 0.5) is 0 Å². The van der Waals surface area contributed by atoms with Gasteiger partial charge < -0.3 is 0 Å². The summed E-state index contributed by atoms with van der Waals surface area (Å²) in [5, 5.41) is 63.6. The lowest BCUT2D eigenvalue weighted by Gasteiger charge is -2.28. The predicted molar refractivity (Wildman–Crippen MR) is 156 cm³/mol. The zero-order valence-electron chi connectivity index (χ0n) is 26.9. The van der Waals surface area contributed by atoms with E-state index in [1.165, 1.54) is 0 Å². The maximum Gasteiger partial charge on any atom is 0.164 e. The van der Waals surface area contributed by atoms with Crippen LogP contribution >= 0.6 is 0 Å². The third kappa shape index (κ3) is 14.8. The molecule has 0 rings (SSSR count). The number of hydrogen-bond donors (Lipinski definition) is 0. The van der Waals surface area contributed by atoms with Crippen LogP contribution in [0.1, 0.15) is 122 Å². The molecule has 0 saturated heterocycles. The van der Waals surface area contributed by atoms with Crippen LogP contribution in [-0.4, -0.2) is 33.2 Å². The van der Waals surface area contributed by atoms with E-state index in [0.717, 1.165) is 25.7 Å². The molecule has 0 saturated carbocycles. The standard InChI is InChI=1S/C30H50N10/c1-23(13-15-29(11,21-33)39-37-27(7,8)19-31)17-25(3,4)35-36-26(5,6)18-24(2)14-16-30(12,22-34)40-38-28(9,10)20-32/h23-24H,13-18H2,1-12H3. The van der Waals surface area contributed by atoms with Crippen molar-refractivity contribution in [3.63, 3.8) is 0 Å². The van der Waals surface area contributed by atoms with Crippen molar-refractivity contribution < 1.29 is 0 Å². The van der Waals surface area contributed by atoms with Crippen molar-refractivity contribution >= 4 is 0 Å². The summed E-state index contributed by atoms with van der Waals surface area (Å²) in [4.78, 5) is 0. The Labute approximate surface area is 242 Å². The summed E-state index contributed by atoms with van der Waals surface area (Å²) in [6, 6.07) is 8.64. The van der Waals surface area contributed by atoms with Crippen LogP contribution in [0.25, 0.3) is 0 Å². The van der Waals surface area contributed by atoms with E-state index in [4.69, 9.17) is 20.8 Å². The van der Waals surface area contributed by atoms with Gasteiger partial charge in [-0.2, -0.15) is 51.7 Å². The molecule has 0 aliphatic carbocycles. The zero-order chi connectivity index (χ0) is 31.5. The van der Waals surface area contributed by atoms with Crippen molar-refractivity contribution in [2.75, 3.05) is 0 Å². The highest BCUT2D eigenvalue weighted by atomic mass is 15.2. The molecular weight excluding hydrogens is 500 g/mol. The number of hydrogen-bond acceptors (Lipinski definition) is 10. The summed E-state index contributed by atoms with van der Waals surface area (Å²) in [5.74, 6) is 0.568. The van der Waals surface area contributed by atoms with E-state index in [1.54, 1.807) is 41.5 Å². The summed E-state index contributed by atoms with van der Waals surface area (Å²) in [5.41, 5.74) is -4.60. The first-order valence-electron chi connectivity index (χ1n) is 14.0. The fourth-order valence-electron chi connectivity index (χ4n) is 4.09. The Morgan fingerprint density at radius 2 is 0.775 bits per heavy atom. The molecule has 0 heterocycles. The lowest BCUT2D eigenvalue weighted by atomic mass is 9.85. The third-order valence-corrected chi connectivity index (χ3v) is 6.61. The van der Waals surface area contributed by atoms with Gasteiger partial charge in [0.15, 0.2) is 22.2 Å². The number of nitriles is 4. The van der Waals surface area contributed by atoms with Crippen LogP contribution in [-0.2, 0) is 0 Å². The molecule has 40 heavy (non-hydrogen) atoms. The summed E-state index contributed by atoms with van der Waals surface area (Å²) in [7, 11) is 0. The largest absolute Gasteiger partial charge is 0.196 e. The van der Waals surface area contributed by atoms with Crippen molar-refractivity contribution in [2.45, 2.75) is 155 Å². The summed E-state index contributed by atoms with van der Waals surface area (Å²) < 4.78 is 0. The minimum Gasteiger partial charge on any atom is -0.196 e. The first-order chi connectivity index (χ1) is 18.1. The monoisotopic (exact) mass is 550 g/mol. The van der Waals surface area contributed by atoms with Gasteiger partial charge in [-0.15, -0.1) is 0 Å². The van der Waals surface area contributed by atoms with E-state index in [0.29, 0.717) is 12.8 Å². The Bertz CT molecular complexity index is 1000. The van der Waals surface area contributed by atoms with Gasteiger partial charge in [-0.1, -0.05) is 13.8 Å². The topological polar surface area (TPSA) is 169 Å².